The van der Waals surface area contributed by atoms with E-state index in [9.17, 15) is 22.0 Å². The summed E-state index contributed by atoms with van der Waals surface area (Å²) in [6, 6.07) is 0. The standard InChI is InChI=1S/C43H3B2F33/c1-2-11(46)13(48)3(14(49)12(2)47)44(6-19(54)29(64)39(74)30(65)20(6)55,7-21(56)31(66)40(75)32(67)22(7)57)4-15(50)17(52)5(18(53)16(4)51)45(8-23(58)33(68)41(76)34(69)24(8)59,9-25(60)35(70)42(77)36(71)26(9)61)10-27(62)37(72)43(78)38(73)28(10)63/h1H3/q-2. The lowest BCUT2D eigenvalue weighted by atomic mass is 9.10. The van der Waals surface area contributed by atoms with Gasteiger partial charge in [-0.1, -0.05) is 0 Å². The molecule has 0 bridgehead atoms. The van der Waals surface area contributed by atoms with Gasteiger partial charge < -0.3 is 0 Å². The Balaban J connectivity index is 2.04. The van der Waals surface area contributed by atoms with Crippen LogP contribution in [-0.4, -0.2) is 12.3 Å². The fourth-order valence-corrected chi connectivity index (χ4v) is 9.31. The Morgan fingerprint density at radius 3 is 0.321 bits per heavy atom. The van der Waals surface area contributed by atoms with Gasteiger partial charge in [0.2, 0.25) is 0 Å². The van der Waals surface area contributed by atoms with Crippen LogP contribution in [0, 0.1) is 199 Å². The summed E-state index contributed by atoms with van der Waals surface area (Å²) in [6.07, 6.45) is -16.4. The molecule has 0 saturated carbocycles. The van der Waals surface area contributed by atoms with E-state index >= 15 is 123 Å². The van der Waals surface area contributed by atoms with E-state index in [2.05, 4.69) is 0 Å². The average molecular weight is 1170 g/mol. The zero-order chi connectivity index (χ0) is 59.2. The Morgan fingerprint density at radius 1 is 0.128 bits per heavy atom. The van der Waals surface area contributed by atoms with Crippen molar-refractivity contribution in [2.45, 2.75) is 6.92 Å². The molecule has 0 nitrogen and oxygen atoms in total. The molecule has 35 heteroatoms. The molecule has 0 spiro atoms. The zero-order valence-electron chi connectivity index (χ0n) is 35.6. The molecule has 0 N–H and O–H groups in total. The molecule has 414 valence electrons. The smallest absolute Gasteiger partial charge is 0.200 e. The first-order chi connectivity index (χ1) is 35.9. The maximum absolute atomic E-state index is 17.8. The minimum atomic E-state index is -8.26. The second-order valence-corrected chi connectivity index (χ2v) is 16.0. The van der Waals surface area contributed by atoms with Crippen LogP contribution in [0.1, 0.15) is 5.56 Å². The maximum atomic E-state index is 17.8. The fourth-order valence-electron chi connectivity index (χ4n) is 9.31. The Kier molecular flexibility index (Phi) is 14.2. The van der Waals surface area contributed by atoms with Crippen molar-refractivity contribution in [2.75, 3.05) is 0 Å². The highest BCUT2D eigenvalue weighted by molar-refractivity contribution is 7.21. The van der Waals surface area contributed by atoms with E-state index in [-0.39, 0.29) is 6.92 Å². The molecule has 0 saturated heterocycles. The molecule has 7 aromatic rings. The third-order valence-corrected chi connectivity index (χ3v) is 12.5. The van der Waals surface area contributed by atoms with Crippen LogP contribution in [0.2, 0.25) is 0 Å². The minimum Gasteiger partial charge on any atom is -0.207 e. The van der Waals surface area contributed by atoms with Crippen molar-refractivity contribution in [3.05, 3.63) is 198 Å². The first kappa shape index (κ1) is 58.1. The van der Waals surface area contributed by atoms with Gasteiger partial charge in [0.15, 0.2) is 98.9 Å². The lowest BCUT2D eigenvalue weighted by molar-refractivity contribution is 0.379. The van der Waals surface area contributed by atoms with Gasteiger partial charge in [-0.05, 0) is 6.92 Å². The molecule has 0 aliphatic heterocycles. The lowest BCUT2D eigenvalue weighted by Gasteiger charge is -2.47. The lowest BCUT2D eigenvalue weighted by Crippen LogP contribution is -2.83. The Labute approximate surface area is 405 Å². The van der Waals surface area contributed by atoms with Gasteiger partial charge in [-0.15, -0.1) is 43.7 Å². The highest BCUT2D eigenvalue weighted by Gasteiger charge is 2.56. The summed E-state index contributed by atoms with van der Waals surface area (Å²) >= 11 is 0. The van der Waals surface area contributed by atoms with Crippen LogP contribution in [-0.2, 0) is 0 Å². The van der Waals surface area contributed by atoms with E-state index in [0.29, 0.717) is 0 Å². The van der Waals surface area contributed by atoms with Crippen LogP contribution >= 0.6 is 0 Å². The van der Waals surface area contributed by atoms with Crippen LogP contribution in [0.3, 0.4) is 0 Å². The van der Waals surface area contributed by atoms with Crippen LogP contribution in [0.25, 0.3) is 0 Å². The van der Waals surface area contributed by atoms with Gasteiger partial charge in [-0.2, -0.15) is 0 Å². The molecule has 0 fully saturated rings. The summed E-state index contributed by atoms with van der Waals surface area (Å²) in [7, 11) is 0. The van der Waals surface area contributed by atoms with Gasteiger partial charge in [0.25, 0.3) is 0 Å². The third kappa shape index (κ3) is 7.14. The predicted molar refractivity (Wildman–Crippen MR) is 197 cm³/mol. The summed E-state index contributed by atoms with van der Waals surface area (Å²) in [5, 5.41) is 0. The van der Waals surface area contributed by atoms with E-state index in [4.69, 9.17) is 0 Å². The van der Waals surface area contributed by atoms with Crippen LogP contribution in [0.5, 0.6) is 0 Å². The van der Waals surface area contributed by atoms with Crippen molar-refractivity contribution in [2.24, 2.45) is 0 Å². The molecule has 78 heavy (non-hydrogen) atoms. The number of hydrogen-bond donors (Lipinski definition) is 0. The molecule has 0 amide bonds. The molecule has 7 aromatic carbocycles. The molecule has 0 unspecified atom stereocenters. The predicted octanol–water partition coefficient (Wildman–Crippen LogP) is 9.34. The van der Waals surface area contributed by atoms with Crippen LogP contribution < -0.4 is 43.7 Å². The highest BCUT2D eigenvalue weighted by atomic mass is 19.2. The second-order valence-electron chi connectivity index (χ2n) is 16.0. The SMILES string of the molecule is Cc1c(F)c(F)c([B-](c2c(F)c(F)c(F)c(F)c2F)(c2c(F)c(F)c(F)c(F)c2F)c2c(F)c(F)c([B-](c3c(F)c(F)c(F)c(F)c3F)(c3c(F)c(F)c(F)c(F)c3F)c3c(F)c(F)c(F)c(F)c3F)c(F)c2F)c(F)c1F. The summed E-state index contributed by atoms with van der Waals surface area (Å²) in [4.78, 5) is 0. The summed E-state index contributed by atoms with van der Waals surface area (Å²) in [5.74, 6) is -135. The average Bonchev–Trinajstić information content (AvgIpc) is 3.53. The van der Waals surface area contributed by atoms with Gasteiger partial charge in [0, 0.05) is 5.56 Å². The molecule has 0 heterocycles. The normalized spacial score (nSPS) is 12.2. The second kappa shape index (κ2) is 19.1. The molecular formula is C43H3B2F33-2. The van der Waals surface area contributed by atoms with E-state index in [0.717, 1.165) is 0 Å². The largest absolute Gasteiger partial charge is 0.207 e. The van der Waals surface area contributed by atoms with E-state index in [1.807, 2.05) is 0 Å². The third-order valence-electron chi connectivity index (χ3n) is 12.5. The van der Waals surface area contributed by atoms with Crippen LogP contribution in [0.4, 0.5) is 145 Å². The van der Waals surface area contributed by atoms with Crippen molar-refractivity contribution in [3.63, 3.8) is 0 Å². The molecule has 0 aliphatic carbocycles. The van der Waals surface area contributed by atoms with Gasteiger partial charge in [-0.25, -0.2) is 145 Å². The Hall–Kier alpha value is -7.64. The van der Waals surface area contributed by atoms with E-state index in [1.54, 1.807) is 0 Å². The van der Waals surface area contributed by atoms with E-state index in [1.165, 1.54) is 0 Å². The monoisotopic (exact) mass is 1170 g/mol. The van der Waals surface area contributed by atoms with Gasteiger partial charge in [0.05, 0.1) is 0 Å². The summed E-state index contributed by atoms with van der Waals surface area (Å²) in [6.45, 7) is -0.179. The van der Waals surface area contributed by atoms with Crippen molar-refractivity contribution >= 4 is 56.0 Å². The van der Waals surface area contributed by atoms with Crippen molar-refractivity contribution in [3.8, 4) is 0 Å². The Morgan fingerprint density at radius 2 is 0.205 bits per heavy atom. The molecule has 0 aromatic heterocycles. The van der Waals surface area contributed by atoms with Gasteiger partial charge in [-0.3, -0.25) is 0 Å². The highest BCUT2D eigenvalue weighted by Crippen LogP contribution is 2.34. The van der Waals surface area contributed by atoms with E-state index < -0.39 is 254 Å². The fraction of sp³-hybridized carbons (Fsp3) is 0.0233. The zero-order valence-corrected chi connectivity index (χ0v) is 35.6. The topological polar surface area (TPSA) is 0 Å². The van der Waals surface area contributed by atoms with Crippen molar-refractivity contribution in [1.82, 2.24) is 0 Å². The summed E-state index contributed by atoms with van der Waals surface area (Å²) < 4.78 is 526. The van der Waals surface area contributed by atoms with Crippen LogP contribution in [0.15, 0.2) is 0 Å². The first-order valence-corrected chi connectivity index (χ1v) is 19.5. The maximum Gasteiger partial charge on any atom is 0.200 e. The first-order valence-electron chi connectivity index (χ1n) is 19.5. The van der Waals surface area contributed by atoms with Crippen molar-refractivity contribution < 1.29 is 145 Å². The number of benzene rings is 7. The van der Waals surface area contributed by atoms with Crippen molar-refractivity contribution in [1.29, 1.82) is 0 Å². The molecular weight excluding hydrogens is 1170 g/mol. The molecule has 0 atom stereocenters. The number of hydrogen-bond acceptors (Lipinski definition) is 0. The molecule has 0 radical (unpaired) electrons. The number of halogens is 33. The summed E-state index contributed by atoms with van der Waals surface area (Å²) in [5.41, 5.74) is -36.2. The van der Waals surface area contributed by atoms with Gasteiger partial charge in [0.1, 0.15) is 105 Å². The Bertz CT molecular complexity index is 3080. The minimum absolute atomic E-state index is 0.179. The number of rotatable bonds is 8. The molecule has 0 aliphatic rings. The molecule has 7 rings (SSSR count). The van der Waals surface area contributed by atoms with Gasteiger partial charge >= 0.3 is 0 Å². The quantitative estimate of drug-likeness (QED) is 0.0617.